The molecule has 1 saturated heterocycles. The molecule has 3 aromatic rings. The van der Waals surface area contributed by atoms with Crippen LogP contribution in [0.4, 0.5) is 0 Å². The minimum Gasteiger partial charge on any atom is -0.361 e. The van der Waals surface area contributed by atoms with Crippen molar-refractivity contribution in [1.29, 1.82) is 0 Å². The van der Waals surface area contributed by atoms with E-state index in [1.807, 2.05) is 17.5 Å². The van der Waals surface area contributed by atoms with E-state index in [4.69, 9.17) is 0 Å². The van der Waals surface area contributed by atoms with Gasteiger partial charge in [-0.15, -0.1) is 11.3 Å². The lowest BCUT2D eigenvalue weighted by atomic mass is 9.97. The molecular formula is C20H25N3S. The molecule has 2 aromatic heterocycles. The summed E-state index contributed by atoms with van der Waals surface area (Å²) in [5.74, 6) is 0.768. The molecule has 1 fully saturated rings. The van der Waals surface area contributed by atoms with Crippen LogP contribution in [0.25, 0.3) is 10.9 Å². The highest BCUT2D eigenvalue weighted by atomic mass is 32.1. The van der Waals surface area contributed by atoms with E-state index in [1.165, 1.54) is 47.3 Å². The van der Waals surface area contributed by atoms with Crippen LogP contribution in [-0.2, 0) is 13.1 Å². The predicted octanol–water partition coefficient (Wildman–Crippen LogP) is 4.23. The lowest BCUT2D eigenvalue weighted by molar-refractivity contribution is 0.166. The minimum atomic E-state index is 0.768. The molecule has 3 heterocycles. The van der Waals surface area contributed by atoms with Gasteiger partial charge in [-0.1, -0.05) is 18.2 Å². The van der Waals surface area contributed by atoms with E-state index in [-0.39, 0.29) is 0 Å². The summed E-state index contributed by atoms with van der Waals surface area (Å²) in [6.45, 7) is 5.66. The molecule has 4 rings (SSSR count). The van der Waals surface area contributed by atoms with Crippen molar-refractivity contribution in [3.63, 3.8) is 0 Å². The van der Waals surface area contributed by atoms with Gasteiger partial charge in [0.05, 0.1) is 0 Å². The Morgan fingerprint density at radius 2 is 2.21 bits per heavy atom. The molecule has 1 aliphatic heterocycles. The molecule has 3 nitrogen and oxygen atoms in total. The van der Waals surface area contributed by atoms with Gasteiger partial charge in [-0.25, -0.2) is 0 Å². The average molecular weight is 340 g/mol. The maximum absolute atomic E-state index is 3.69. The molecule has 1 unspecified atom stereocenters. The molecule has 0 spiro atoms. The molecule has 24 heavy (non-hydrogen) atoms. The standard InChI is InChI=1S/C20H25N3S/c1-5-17(19-8-9-22-20(19)7-1)13-21-12-16-4-2-10-23(14-16)15-18-6-3-11-24-18/h1,3,5-9,11,16,21-22H,2,4,10,12-15H2. The van der Waals surface area contributed by atoms with Gasteiger partial charge >= 0.3 is 0 Å². The van der Waals surface area contributed by atoms with Gasteiger partial charge in [0.15, 0.2) is 0 Å². The van der Waals surface area contributed by atoms with Gasteiger partial charge in [-0.3, -0.25) is 4.90 Å². The number of nitrogens with one attached hydrogen (secondary N) is 2. The van der Waals surface area contributed by atoms with Gasteiger partial charge in [0.1, 0.15) is 0 Å². The predicted molar refractivity (Wildman–Crippen MR) is 102 cm³/mol. The molecule has 0 aliphatic carbocycles. The summed E-state index contributed by atoms with van der Waals surface area (Å²) in [4.78, 5) is 7.40. The lowest BCUT2D eigenvalue weighted by Crippen LogP contribution is -2.38. The van der Waals surface area contributed by atoms with E-state index in [9.17, 15) is 0 Å². The topological polar surface area (TPSA) is 31.1 Å². The molecule has 1 atom stereocenters. The largest absolute Gasteiger partial charge is 0.361 e. The number of piperidine rings is 1. The van der Waals surface area contributed by atoms with E-state index in [2.05, 4.69) is 57.0 Å². The Morgan fingerprint density at radius 1 is 1.21 bits per heavy atom. The van der Waals surface area contributed by atoms with Crippen molar-refractivity contribution in [2.45, 2.75) is 25.9 Å². The second-order valence-electron chi connectivity index (χ2n) is 6.81. The molecule has 0 bridgehead atoms. The first-order valence-corrected chi connectivity index (χ1v) is 9.77. The Balaban J connectivity index is 1.28. The number of hydrogen-bond acceptors (Lipinski definition) is 3. The summed E-state index contributed by atoms with van der Waals surface area (Å²) in [5, 5.41) is 7.22. The van der Waals surface area contributed by atoms with Gasteiger partial charge in [0, 0.05) is 41.6 Å². The zero-order valence-electron chi connectivity index (χ0n) is 14.0. The molecule has 4 heteroatoms. The third kappa shape index (κ3) is 3.72. The van der Waals surface area contributed by atoms with Crippen molar-refractivity contribution in [2.75, 3.05) is 19.6 Å². The van der Waals surface area contributed by atoms with E-state index < -0.39 is 0 Å². The van der Waals surface area contributed by atoms with Crippen molar-refractivity contribution in [2.24, 2.45) is 5.92 Å². The van der Waals surface area contributed by atoms with Crippen LogP contribution < -0.4 is 5.32 Å². The van der Waals surface area contributed by atoms with Crippen LogP contribution in [0.1, 0.15) is 23.3 Å². The first-order valence-electron chi connectivity index (χ1n) is 8.89. The Bertz CT molecular complexity index is 762. The molecule has 1 aliphatic rings. The third-order valence-electron chi connectivity index (χ3n) is 5.00. The van der Waals surface area contributed by atoms with Crippen LogP contribution >= 0.6 is 11.3 Å². The second kappa shape index (κ2) is 7.51. The van der Waals surface area contributed by atoms with Gasteiger partial charge in [0.25, 0.3) is 0 Å². The van der Waals surface area contributed by atoms with E-state index in [0.717, 1.165) is 25.6 Å². The van der Waals surface area contributed by atoms with Crippen molar-refractivity contribution in [1.82, 2.24) is 15.2 Å². The van der Waals surface area contributed by atoms with E-state index in [1.54, 1.807) is 0 Å². The van der Waals surface area contributed by atoms with Crippen LogP contribution in [0.15, 0.2) is 48.0 Å². The summed E-state index contributed by atoms with van der Waals surface area (Å²) >= 11 is 1.87. The van der Waals surface area contributed by atoms with E-state index >= 15 is 0 Å². The molecule has 2 N–H and O–H groups in total. The van der Waals surface area contributed by atoms with Crippen LogP contribution in [0.5, 0.6) is 0 Å². The molecule has 126 valence electrons. The molecule has 0 saturated carbocycles. The maximum atomic E-state index is 3.69. The second-order valence-corrected chi connectivity index (χ2v) is 7.84. The van der Waals surface area contributed by atoms with E-state index in [0.29, 0.717) is 0 Å². The number of H-pyrrole nitrogens is 1. The lowest BCUT2D eigenvalue weighted by Gasteiger charge is -2.32. The average Bonchev–Trinajstić information content (AvgIpc) is 3.27. The highest BCUT2D eigenvalue weighted by molar-refractivity contribution is 7.09. The first-order chi connectivity index (χ1) is 11.9. The highest BCUT2D eigenvalue weighted by Crippen LogP contribution is 2.21. The summed E-state index contributed by atoms with van der Waals surface area (Å²) in [6, 6.07) is 13.1. The van der Waals surface area contributed by atoms with Gasteiger partial charge in [-0.05, 0) is 61.0 Å². The number of aromatic amines is 1. The summed E-state index contributed by atoms with van der Waals surface area (Å²) in [5.41, 5.74) is 2.62. The normalized spacial score (nSPS) is 19.1. The number of thiophene rings is 1. The fourth-order valence-corrected chi connectivity index (χ4v) is 4.55. The van der Waals surface area contributed by atoms with Gasteiger partial charge in [-0.2, -0.15) is 0 Å². The summed E-state index contributed by atoms with van der Waals surface area (Å²) < 4.78 is 0. The van der Waals surface area contributed by atoms with Crippen LogP contribution in [0.3, 0.4) is 0 Å². The van der Waals surface area contributed by atoms with Crippen LogP contribution in [0, 0.1) is 5.92 Å². The minimum absolute atomic E-state index is 0.768. The van der Waals surface area contributed by atoms with Crippen molar-refractivity contribution in [3.8, 4) is 0 Å². The Hall–Kier alpha value is -1.62. The molecule has 0 radical (unpaired) electrons. The Labute approximate surface area is 147 Å². The fraction of sp³-hybridized carbons (Fsp3) is 0.400. The number of benzene rings is 1. The summed E-state index contributed by atoms with van der Waals surface area (Å²) in [7, 11) is 0. The molecular weight excluding hydrogens is 314 g/mol. The quantitative estimate of drug-likeness (QED) is 0.704. The molecule has 0 amide bonds. The number of nitrogens with zero attached hydrogens (tertiary/aromatic N) is 1. The number of aromatic nitrogens is 1. The SMILES string of the molecule is c1csc(CN2CCCC(CNCc3cccc4[nH]ccc34)C2)c1. The van der Waals surface area contributed by atoms with Crippen LogP contribution in [0.2, 0.25) is 0 Å². The van der Waals surface area contributed by atoms with Crippen LogP contribution in [-0.4, -0.2) is 29.5 Å². The van der Waals surface area contributed by atoms with Gasteiger partial charge in [0.2, 0.25) is 0 Å². The Kier molecular flexibility index (Phi) is 4.97. The molecule has 1 aromatic carbocycles. The number of fused-ring (bicyclic) bond motifs is 1. The zero-order valence-corrected chi connectivity index (χ0v) is 14.8. The van der Waals surface area contributed by atoms with Crippen molar-refractivity contribution >= 4 is 22.2 Å². The number of likely N-dealkylation sites (tertiary alicyclic amines) is 1. The monoisotopic (exact) mass is 339 g/mol. The third-order valence-corrected chi connectivity index (χ3v) is 5.86. The summed E-state index contributed by atoms with van der Waals surface area (Å²) in [6.07, 6.45) is 4.70. The first kappa shape index (κ1) is 15.9. The van der Waals surface area contributed by atoms with Crippen molar-refractivity contribution in [3.05, 3.63) is 58.4 Å². The van der Waals surface area contributed by atoms with Crippen molar-refractivity contribution < 1.29 is 0 Å². The number of rotatable bonds is 6. The number of hydrogen-bond donors (Lipinski definition) is 2. The zero-order chi connectivity index (χ0) is 16.2. The Morgan fingerprint density at radius 3 is 3.12 bits per heavy atom. The fourth-order valence-electron chi connectivity index (χ4n) is 3.80. The van der Waals surface area contributed by atoms with Gasteiger partial charge < -0.3 is 10.3 Å². The smallest absolute Gasteiger partial charge is 0.0457 e. The maximum Gasteiger partial charge on any atom is 0.0457 e. The highest BCUT2D eigenvalue weighted by Gasteiger charge is 2.19.